The second kappa shape index (κ2) is 7.56. The molecule has 0 radical (unpaired) electrons. The zero-order chi connectivity index (χ0) is 17.8. The molecule has 0 unspecified atom stereocenters. The standard InChI is InChI=1S/C22H19F3/c1-2-3-4-15-5-7-16(8-6-15)17-9-10-21(22(25)13-17)18-11-19(23)14-20(24)12-18/h5-14H,2-4H2,1H3. The van der Waals surface area contributed by atoms with Crippen LogP contribution in [0.3, 0.4) is 0 Å². The van der Waals surface area contributed by atoms with Gasteiger partial charge in [-0.3, -0.25) is 0 Å². The predicted molar refractivity (Wildman–Crippen MR) is 95.8 cm³/mol. The first-order valence-corrected chi connectivity index (χ1v) is 8.42. The van der Waals surface area contributed by atoms with Crippen LogP contribution in [0.15, 0.2) is 60.7 Å². The molecule has 0 nitrogen and oxygen atoms in total. The molecule has 25 heavy (non-hydrogen) atoms. The zero-order valence-electron chi connectivity index (χ0n) is 14.0. The SMILES string of the molecule is CCCCc1ccc(-c2ccc(-c3cc(F)cc(F)c3)c(F)c2)cc1. The first kappa shape index (κ1) is 17.3. The van der Waals surface area contributed by atoms with Crippen molar-refractivity contribution in [2.24, 2.45) is 0 Å². The van der Waals surface area contributed by atoms with Crippen LogP contribution in [0.5, 0.6) is 0 Å². The summed E-state index contributed by atoms with van der Waals surface area (Å²) < 4.78 is 41.2. The Hall–Kier alpha value is -2.55. The van der Waals surface area contributed by atoms with Crippen molar-refractivity contribution in [2.75, 3.05) is 0 Å². The molecule has 0 saturated heterocycles. The molecule has 0 amide bonds. The van der Waals surface area contributed by atoms with E-state index >= 15 is 0 Å². The number of aryl methyl sites for hydroxylation is 1. The first-order chi connectivity index (χ1) is 12.1. The lowest BCUT2D eigenvalue weighted by molar-refractivity contribution is 0.583. The van der Waals surface area contributed by atoms with Crippen LogP contribution in [0.4, 0.5) is 13.2 Å². The molecule has 0 aliphatic carbocycles. The average molecular weight is 340 g/mol. The van der Waals surface area contributed by atoms with E-state index in [2.05, 4.69) is 19.1 Å². The summed E-state index contributed by atoms with van der Waals surface area (Å²) in [6, 6.07) is 15.8. The average Bonchev–Trinajstić information content (AvgIpc) is 2.59. The van der Waals surface area contributed by atoms with Gasteiger partial charge in [-0.15, -0.1) is 0 Å². The Labute approximate surface area is 146 Å². The van der Waals surface area contributed by atoms with Gasteiger partial charge in [-0.05, 0) is 53.3 Å². The molecule has 3 aromatic rings. The highest BCUT2D eigenvalue weighted by molar-refractivity contribution is 5.71. The first-order valence-electron chi connectivity index (χ1n) is 8.42. The van der Waals surface area contributed by atoms with E-state index in [-0.39, 0.29) is 11.1 Å². The van der Waals surface area contributed by atoms with Crippen LogP contribution in [-0.4, -0.2) is 0 Å². The van der Waals surface area contributed by atoms with E-state index in [0.717, 1.165) is 48.6 Å². The molecule has 0 bridgehead atoms. The summed E-state index contributed by atoms with van der Waals surface area (Å²) >= 11 is 0. The lowest BCUT2D eigenvalue weighted by Gasteiger charge is -2.08. The fraction of sp³-hybridized carbons (Fsp3) is 0.182. The van der Waals surface area contributed by atoms with E-state index in [4.69, 9.17) is 0 Å². The number of unbranched alkanes of at least 4 members (excludes halogenated alkanes) is 1. The fourth-order valence-electron chi connectivity index (χ4n) is 2.88. The normalized spacial score (nSPS) is 10.9. The van der Waals surface area contributed by atoms with Gasteiger partial charge in [0.25, 0.3) is 0 Å². The van der Waals surface area contributed by atoms with Gasteiger partial charge in [0.05, 0.1) is 0 Å². The van der Waals surface area contributed by atoms with Crippen LogP contribution in [-0.2, 0) is 6.42 Å². The van der Waals surface area contributed by atoms with Crippen molar-refractivity contribution in [1.29, 1.82) is 0 Å². The van der Waals surface area contributed by atoms with Gasteiger partial charge < -0.3 is 0 Å². The Bertz CT molecular complexity index is 847. The lowest BCUT2D eigenvalue weighted by Crippen LogP contribution is -1.90. The summed E-state index contributed by atoms with van der Waals surface area (Å²) in [7, 11) is 0. The Morgan fingerprint density at radius 1 is 0.680 bits per heavy atom. The number of halogens is 3. The third-order valence-electron chi connectivity index (χ3n) is 4.25. The third-order valence-corrected chi connectivity index (χ3v) is 4.25. The van der Waals surface area contributed by atoms with Crippen molar-refractivity contribution < 1.29 is 13.2 Å². The molecule has 0 aromatic heterocycles. The van der Waals surface area contributed by atoms with E-state index in [0.29, 0.717) is 0 Å². The van der Waals surface area contributed by atoms with Crippen molar-refractivity contribution in [2.45, 2.75) is 26.2 Å². The highest BCUT2D eigenvalue weighted by Crippen LogP contribution is 2.29. The van der Waals surface area contributed by atoms with Crippen LogP contribution in [0.2, 0.25) is 0 Å². The molecular formula is C22H19F3. The topological polar surface area (TPSA) is 0 Å². The van der Waals surface area contributed by atoms with E-state index in [1.54, 1.807) is 12.1 Å². The summed E-state index contributed by atoms with van der Waals surface area (Å²) in [5, 5.41) is 0. The molecule has 3 heteroatoms. The van der Waals surface area contributed by atoms with E-state index < -0.39 is 17.5 Å². The number of rotatable bonds is 5. The largest absolute Gasteiger partial charge is 0.207 e. The maximum atomic E-state index is 14.5. The van der Waals surface area contributed by atoms with E-state index in [1.165, 1.54) is 11.6 Å². The lowest BCUT2D eigenvalue weighted by atomic mass is 9.98. The van der Waals surface area contributed by atoms with Gasteiger partial charge in [-0.25, -0.2) is 13.2 Å². The van der Waals surface area contributed by atoms with Crippen molar-refractivity contribution >= 4 is 0 Å². The van der Waals surface area contributed by atoms with Gasteiger partial charge in [0, 0.05) is 11.6 Å². The molecule has 0 saturated carbocycles. The second-order valence-electron chi connectivity index (χ2n) is 6.15. The van der Waals surface area contributed by atoms with Gasteiger partial charge in [-0.2, -0.15) is 0 Å². The molecule has 0 N–H and O–H groups in total. The van der Waals surface area contributed by atoms with Crippen molar-refractivity contribution in [1.82, 2.24) is 0 Å². The maximum absolute atomic E-state index is 14.5. The second-order valence-corrected chi connectivity index (χ2v) is 6.15. The minimum Gasteiger partial charge on any atom is -0.207 e. The van der Waals surface area contributed by atoms with Crippen molar-refractivity contribution in [3.05, 3.63) is 83.7 Å². The van der Waals surface area contributed by atoms with Crippen LogP contribution < -0.4 is 0 Å². The molecule has 0 atom stereocenters. The molecule has 3 aromatic carbocycles. The molecule has 128 valence electrons. The van der Waals surface area contributed by atoms with Gasteiger partial charge in [-0.1, -0.05) is 49.7 Å². The number of hydrogen-bond acceptors (Lipinski definition) is 0. The van der Waals surface area contributed by atoms with E-state index in [9.17, 15) is 13.2 Å². The molecule has 0 heterocycles. The van der Waals surface area contributed by atoms with Crippen LogP contribution in [0.25, 0.3) is 22.3 Å². The number of benzene rings is 3. The smallest absolute Gasteiger partial charge is 0.131 e. The van der Waals surface area contributed by atoms with Gasteiger partial charge in [0.1, 0.15) is 17.5 Å². The van der Waals surface area contributed by atoms with Crippen LogP contribution in [0, 0.1) is 17.5 Å². The van der Waals surface area contributed by atoms with Crippen LogP contribution in [0.1, 0.15) is 25.3 Å². The number of hydrogen-bond donors (Lipinski definition) is 0. The highest BCUT2D eigenvalue weighted by Gasteiger charge is 2.10. The van der Waals surface area contributed by atoms with Gasteiger partial charge >= 0.3 is 0 Å². The van der Waals surface area contributed by atoms with Gasteiger partial charge in [0.2, 0.25) is 0 Å². The molecular weight excluding hydrogens is 321 g/mol. The van der Waals surface area contributed by atoms with E-state index in [1.807, 2.05) is 12.1 Å². The summed E-state index contributed by atoms with van der Waals surface area (Å²) in [6.45, 7) is 2.16. The summed E-state index contributed by atoms with van der Waals surface area (Å²) in [6.07, 6.45) is 3.33. The Morgan fingerprint density at radius 3 is 1.92 bits per heavy atom. The zero-order valence-corrected chi connectivity index (χ0v) is 14.0. The van der Waals surface area contributed by atoms with Crippen molar-refractivity contribution in [3.8, 4) is 22.3 Å². The van der Waals surface area contributed by atoms with Crippen molar-refractivity contribution in [3.63, 3.8) is 0 Å². The molecule has 0 aliphatic rings. The molecule has 3 rings (SSSR count). The maximum Gasteiger partial charge on any atom is 0.131 e. The summed E-state index contributed by atoms with van der Waals surface area (Å²) in [4.78, 5) is 0. The third kappa shape index (κ3) is 4.11. The summed E-state index contributed by atoms with van der Waals surface area (Å²) in [5.41, 5.74) is 3.28. The Balaban J connectivity index is 1.89. The van der Waals surface area contributed by atoms with Gasteiger partial charge in [0.15, 0.2) is 0 Å². The quantitative estimate of drug-likeness (QED) is 0.480. The Morgan fingerprint density at radius 2 is 1.32 bits per heavy atom. The molecule has 0 fully saturated rings. The minimum atomic E-state index is -0.721. The van der Waals surface area contributed by atoms with Crippen LogP contribution >= 0.6 is 0 Å². The molecule has 0 aliphatic heterocycles. The molecule has 0 spiro atoms. The minimum absolute atomic E-state index is 0.182. The summed E-state index contributed by atoms with van der Waals surface area (Å²) in [5.74, 6) is -1.94. The highest BCUT2D eigenvalue weighted by atomic mass is 19.1. The Kier molecular flexibility index (Phi) is 5.22. The fourth-order valence-corrected chi connectivity index (χ4v) is 2.88. The predicted octanol–water partition coefficient (Wildman–Crippen LogP) is 6.78. The monoisotopic (exact) mass is 340 g/mol.